The molecule has 0 fully saturated rings. The molecule has 1 aromatic carbocycles. The van der Waals surface area contributed by atoms with Crippen LogP contribution in [0.1, 0.15) is 39.2 Å². The van der Waals surface area contributed by atoms with Crippen LogP contribution in [0.15, 0.2) is 30.3 Å². The lowest BCUT2D eigenvalue weighted by atomic mass is 10.0. The van der Waals surface area contributed by atoms with Crippen LogP contribution in [0.5, 0.6) is 0 Å². The normalized spacial score (nSPS) is 14.1. The van der Waals surface area contributed by atoms with Gasteiger partial charge in [0.25, 0.3) is 0 Å². The largest absolute Gasteiger partial charge is 0.467 e. The molecule has 3 atom stereocenters. The minimum atomic E-state index is -0.837. The van der Waals surface area contributed by atoms with Crippen LogP contribution in [-0.2, 0) is 25.5 Å². The molecule has 0 bridgehead atoms. The zero-order chi connectivity index (χ0) is 20.4. The van der Waals surface area contributed by atoms with E-state index in [0.29, 0.717) is 19.3 Å². The SMILES string of the molecule is CC[C@H](N)C(=O)N[C@@H](CC(C)C)C(=O)N[C@@H](Cc1ccccc1)C(=O)OC. The molecule has 0 saturated heterocycles. The van der Waals surface area contributed by atoms with E-state index in [1.54, 1.807) is 6.92 Å². The van der Waals surface area contributed by atoms with E-state index in [4.69, 9.17) is 10.5 Å². The van der Waals surface area contributed by atoms with Gasteiger partial charge in [-0.2, -0.15) is 0 Å². The number of carbonyl (C=O) groups excluding carboxylic acids is 3. The van der Waals surface area contributed by atoms with Gasteiger partial charge in [0.15, 0.2) is 0 Å². The van der Waals surface area contributed by atoms with Crippen molar-refractivity contribution in [3.63, 3.8) is 0 Å². The lowest BCUT2D eigenvalue weighted by Crippen LogP contribution is -2.55. The summed E-state index contributed by atoms with van der Waals surface area (Å²) < 4.78 is 4.82. The summed E-state index contributed by atoms with van der Waals surface area (Å²) in [7, 11) is 1.28. The number of hydrogen-bond donors (Lipinski definition) is 3. The second kappa shape index (κ2) is 11.3. The predicted molar refractivity (Wildman–Crippen MR) is 104 cm³/mol. The molecule has 2 amide bonds. The maximum absolute atomic E-state index is 12.8. The van der Waals surface area contributed by atoms with Crippen molar-refractivity contribution in [3.8, 4) is 0 Å². The molecule has 0 aliphatic carbocycles. The van der Waals surface area contributed by atoms with Gasteiger partial charge < -0.3 is 21.1 Å². The first-order chi connectivity index (χ1) is 12.8. The molecule has 1 rings (SSSR count). The molecule has 0 aromatic heterocycles. The zero-order valence-electron chi connectivity index (χ0n) is 16.5. The topological polar surface area (TPSA) is 111 Å². The summed E-state index contributed by atoms with van der Waals surface area (Å²) in [6.45, 7) is 5.71. The van der Waals surface area contributed by atoms with Gasteiger partial charge in [0, 0.05) is 6.42 Å². The highest BCUT2D eigenvalue weighted by molar-refractivity contribution is 5.92. The van der Waals surface area contributed by atoms with Gasteiger partial charge in [0.1, 0.15) is 12.1 Å². The molecule has 0 spiro atoms. The van der Waals surface area contributed by atoms with Gasteiger partial charge >= 0.3 is 5.97 Å². The Bertz CT molecular complexity index is 619. The van der Waals surface area contributed by atoms with E-state index in [0.717, 1.165) is 5.56 Å². The van der Waals surface area contributed by atoms with Gasteiger partial charge in [-0.25, -0.2) is 4.79 Å². The number of benzene rings is 1. The summed E-state index contributed by atoms with van der Waals surface area (Å²) in [5.41, 5.74) is 6.65. The average Bonchev–Trinajstić information content (AvgIpc) is 2.65. The maximum Gasteiger partial charge on any atom is 0.328 e. The monoisotopic (exact) mass is 377 g/mol. The van der Waals surface area contributed by atoms with Crippen molar-refractivity contribution in [1.29, 1.82) is 0 Å². The van der Waals surface area contributed by atoms with Crippen LogP contribution >= 0.6 is 0 Å². The van der Waals surface area contributed by atoms with E-state index in [1.165, 1.54) is 7.11 Å². The van der Waals surface area contributed by atoms with E-state index in [1.807, 2.05) is 44.2 Å². The second-order valence-electron chi connectivity index (χ2n) is 6.98. The van der Waals surface area contributed by atoms with Crippen molar-refractivity contribution in [2.75, 3.05) is 7.11 Å². The number of carbonyl (C=O) groups is 3. The molecule has 0 radical (unpaired) electrons. The van der Waals surface area contributed by atoms with Gasteiger partial charge in [-0.15, -0.1) is 0 Å². The van der Waals surface area contributed by atoms with Crippen LogP contribution in [0.2, 0.25) is 0 Å². The molecule has 1 aromatic rings. The van der Waals surface area contributed by atoms with Crippen LogP contribution < -0.4 is 16.4 Å². The summed E-state index contributed by atoms with van der Waals surface area (Å²) in [6.07, 6.45) is 1.21. The third-order valence-electron chi connectivity index (χ3n) is 4.20. The maximum atomic E-state index is 12.8. The van der Waals surface area contributed by atoms with Crippen LogP contribution in [-0.4, -0.2) is 43.0 Å². The molecule has 150 valence electrons. The fourth-order valence-electron chi connectivity index (χ4n) is 2.62. The van der Waals surface area contributed by atoms with Crippen LogP contribution in [0.4, 0.5) is 0 Å². The van der Waals surface area contributed by atoms with E-state index < -0.39 is 30.0 Å². The first kappa shape index (κ1) is 22.6. The number of nitrogens with two attached hydrogens (primary N) is 1. The third kappa shape index (κ3) is 7.78. The van der Waals surface area contributed by atoms with Gasteiger partial charge in [0.05, 0.1) is 13.2 Å². The first-order valence-electron chi connectivity index (χ1n) is 9.26. The highest BCUT2D eigenvalue weighted by Gasteiger charge is 2.28. The van der Waals surface area contributed by atoms with Gasteiger partial charge in [0.2, 0.25) is 11.8 Å². The summed E-state index contributed by atoms with van der Waals surface area (Å²) in [6, 6.07) is 7.06. The fourth-order valence-corrected chi connectivity index (χ4v) is 2.62. The van der Waals surface area contributed by atoms with E-state index >= 15 is 0 Å². The van der Waals surface area contributed by atoms with Crippen molar-refractivity contribution in [3.05, 3.63) is 35.9 Å². The smallest absolute Gasteiger partial charge is 0.328 e. The molecule has 0 saturated carbocycles. The molecule has 0 unspecified atom stereocenters. The number of ether oxygens (including phenoxy) is 1. The molecule has 0 aliphatic rings. The Labute approximate surface area is 161 Å². The van der Waals surface area contributed by atoms with Crippen LogP contribution in [0, 0.1) is 5.92 Å². The molecular formula is C20H31N3O4. The third-order valence-corrected chi connectivity index (χ3v) is 4.20. The minimum absolute atomic E-state index is 0.171. The fraction of sp³-hybridized carbons (Fsp3) is 0.550. The predicted octanol–water partition coefficient (Wildman–Crippen LogP) is 1.16. The van der Waals surface area contributed by atoms with Crippen molar-refractivity contribution < 1.29 is 19.1 Å². The Hall–Kier alpha value is -2.41. The second-order valence-corrected chi connectivity index (χ2v) is 6.98. The van der Waals surface area contributed by atoms with Gasteiger partial charge in [-0.05, 0) is 24.3 Å². The summed E-state index contributed by atoms with van der Waals surface area (Å²) in [5, 5.41) is 5.41. The minimum Gasteiger partial charge on any atom is -0.467 e. The van der Waals surface area contributed by atoms with Crippen molar-refractivity contribution in [2.45, 2.75) is 58.2 Å². The van der Waals surface area contributed by atoms with Crippen molar-refractivity contribution in [1.82, 2.24) is 10.6 Å². The molecule has 0 heterocycles. The Balaban J connectivity index is 2.89. The lowest BCUT2D eigenvalue weighted by Gasteiger charge is -2.24. The lowest BCUT2D eigenvalue weighted by molar-refractivity contribution is -0.145. The molecular weight excluding hydrogens is 346 g/mol. The molecule has 4 N–H and O–H groups in total. The Kier molecular flexibility index (Phi) is 9.50. The Morgan fingerprint density at radius 1 is 1.04 bits per heavy atom. The average molecular weight is 377 g/mol. The van der Waals surface area contributed by atoms with Gasteiger partial charge in [-0.3, -0.25) is 9.59 Å². The molecule has 7 heteroatoms. The number of nitrogens with one attached hydrogen (secondary N) is 2. The van der Waals surface area contributed by atoms with Crippen LogP contribution in [0.3, 0.4) is 0 Å². The molecule has 27 heavy (non-hydrogen) atoms. The highest BCUT2D eigenvalue weighted by Crippen LogP contribution is 2.09. The first-order valence-corrected chi connectivity index (χ1v) is 9.26. The number of hydrogen-bond acceptors (Lipinski definition) is 5. The summed E-state index contributed by atoms with van der Waals surface area (Å²) >= 11 is 0. The zero-order valence-corrected chi connectivity index (χ0v) is 16.5. The van der Waals surface area contributed by atoms with Crippen molar-refractivity contribution >= 4 is 17.8 Å². The standard InChI is InChI=1S/C20H31N3O4/c1-5-15(21)18(24)22-16(11-13(2)3)19(25)23-17(20(26)27-4)12-14-9-7-6-8-10-14/h6-10,13,15-17H,5,11-12,21H2,1-4H3,(H,22,24)(H,23,25)/t15-,16-,17-/m0/s1. The quantitative estimate of drug-likeness (QED) is 0.530. The summed E-state index contributed by atoms with van der Waals surface area (Å²) in [4.78, 5) is 37.0. The number of methoxy groups -OCH3 is 1. The van der Waals surface area contributed by atoms with E-state index in [-0.39, 0.29) is 11.8 Å². The molecule has 7 nitrogen and oxygen atoms in total. The number of rotatable bonds is 10. The van der Waals surface area contributed by atoms with Crippen LogP contribution in [0.25, 0.3) is 0 Å². The highest BCUT2D eigenvalue weighted by atomic mass is 16.5. The van der Waals surface area contributed by atoms with Gasteiger partial charge in [-0.1, -0.05) is 51.1 Å². The number of esters is 1. The molecule has 0 aliphatic heterocycles. The number of amides is 2. The van der Waals surface area contributed by atoms with E-state index in [2.05, 4.69) is 10.6 Å². The van der Waals surface area contributed by atoms with E-state index in [9.17, 15) is 14.4 Å². The summed E-state index contributed by atoms with van der Waals surface area (Å²) in [5.74, 6) is -1.17. The van der Waals surface area contributed by atoms with Crippen molar-refractivity contribution in [2.24, 2.45) is 11.7 Å². The Morgan fingerprint density at radius 2 is 1.63 bits per heavy atom. The Morgan fingerprint density at radius 3 is 2.15 bits per heavy atom.